The number of aromatic amines is 1. The molecule has 1 atom stereocenters. The van der Waals surface area contributed by atoms with Crippen LogP contribution >= 0.6 is 23.5 Å². The molecule has 0 saturated heterocycles. The van der Waals surface area contributed by atoms with Crippen LogP contribution in [0.3, 0.4) is 0 Å². The first-order valence-electron chi connectivity index (χ1n) is 6.38. The van der Waals surface area contributed by atoms with Crippen molar-refractivity contribution < 1.29 is 19.1 Å². The summed E-state index contributed by atoms with van der Waals surface area (Å²) in [7, 11) is -2.85. The first-order valence-corrected chi connectivity index (χ1v) is 8.78. The molecule has 10 nitrogen and oxygen atoms in total. The van der Waals surface area contributed by atoms with E-state index < -0.39 is 7.60 Å². The lowest BCUT2D eigenvalue weighted by Gasteiger charge is -2.13. The van der Waals surface area contributed by atoms with Gasteiger partial charge >= 0.3 is 7.60 Å². The topological polar surface area (TPSA) is 139 Å². The van der Waals surface area contributed by atoms with E-state index in [1.165, 1.54) is 6.20 Å². The quantitative estimate of drug-likeness (QED) is 0.519. The van der Waals surface area contributed by atoms with Gasteiger partial charge in [0, 0.05) is 30.4 Å². The van der Waals surface area contributed by atoms with Crippen LogP contribution in [0.25, 0.3) is 5.65 Å². The molecule has 3 N–H and O–H groups in total. The van der Waals surface area contributed by atoms with Gasteiger partial charge in [0.25, 0.3) is 0 Å². The monoisotopic (exact) mass is 402 g/mol. The fourth-order valence-electron chi connectivity index (χ4n) is 2.13. The minimum absolute atomic E-state index is 0.274. The molecule has 0 amide bonds. The summed E-state index contributed by atoms with van der Waals surface area (Å²) in [5.74, 6) is 0.487. The van der Waals surface area contributed by atoms with Gasteiger partial charge in [0.05, 0.1) is 0 Å². The molecule has 0 aliphatic heterocycles. The number of fused-ring (bicyclic) bond motifs is 1. The summed E-state index contributed by atoms with van der Waals surface area (Å²) in [5, 5.41) is 13.5. The van der Waals surface area contributed by atoms with Crippen molar-refractivity contribution in [3.05, 3.63) is 34.3 Å². The van der Waals surface area contributed by atoms with Crippen LogP contribution in [-0.4, -0.2) is 46.9 Å². The Morgan fingerprint density at radius 2 is 2.26 bits per heavy atom. The Kier molecular flexibility index (Phi) is 4.30. The number of imidazole rings is 1. The lowest BCUT2D eigenvalue weighted by Crippen LogP contribution is -2.08. The Morgan fingerprint density at radius 1 is 1.48 bits per heavy atom. The maximum Gasteiger partial charge on any atom is 0.376 e. The van der Waals surface area contributed by atoms with Crippen molar-refractivity contribution in [2.45, 2.75) is 12.5 Å². The molecule has 3 heterocycles. The molecule has 1 unspecified atom stereocenters. The Labute approximate surface area is 138 Å². The highest BCUT2D eigenvalue weighted by Gasteiger charge is 2.22. The van der Waals surface area contributed by atoms with Gasteiger partial charge in [-0.3, -0.25) is 4.57 Å². The summed E-state index contributed by atoms with van der Waals surface area (Å²) in [5.41, 5.74) is 0.994. The number of nitrogens with zero attached hydrogens (tertiary/aromatic N) is 5. The molecule has 3 aromatic heterocycles. The van der Waals surface area contributed by atoms with E-state index >= 15 is 0 Å². The molecule has 23 heavy (non-hydrogen) atoms. The number of halogens is 1. The van der Waals surface area contributed by atoms with Crippen LogP contribution in [0.5, 0.6) is 0 Å². The molecule has 0 aliphatic rings. The standard InChI is InChI=1S/C11H12BrN6O4P/c1-22-8(11-14-16-17-15-11)2-6-4-18-5-10(23(19,20)21)13-9(18)3-7(6)12/h3-5,8H,2H2,1H3,(H2,19,20,21)(H,14,15,16,17). The fraction of sp³-hybridized carbons (Fsp3) is 0.273. The van der Waals surface area contributed by atoms with E-state index in [9.17, 15) is 14.4 Å². The molecule has 0 spiro atoms. The molecule has 12 heteroatoms. The average Bonchev–Trinajstić information content (AvgIpc) is 3.12. The van der Waals surface area contributed by atoms with Gasteiger partial charge in [-0.05, 0) is 22.1 Å². The van der Waals surface area contributed by atoms with E-state index in [4.69, 9.17) is 4.74 Å². The van der Waals surface area contributed by atoms with Crippen LogP contribution in [0.2, 0.25) is 0 Å². The number of tetrazole rings is 1. The highest BCUT2D eigenvalue weighted by Crippen LogP contribution is 2.33. The van der Waals surface area contributed by atoms with Gasteiger partial charge in [-0.25, -0.2) is 10.1 Å². The normalized spacial score (nSPS) is 13.6. The molecule has 0 fully saturated rings. The minimum atomic E-state index is -4.40. The summed E-state index contributed by atoms with van der Waals surface area (Å²) < 4.78 is 19.0. The highest BCUT2D eigenvalue weighted by atomic mass is 79.9. The molecular formula is C11H12BrN6O4P. The van der Waals surface area contributed by atoms with Crippen molar-refractivity contribution >= 4 is 34.6 Å². The molecule has 3 rings (SSSR count). The molecule has 0 aliphatic carbocycles. The highest BCUT2D eigenvalue weighted by molar-refractivity contribution is 9.10. The molecule has 3 aromatic rings. The number of H-pyrrole nitrogens is 1. The SMILES string of the molecule is COC(Cc1cn2cc(P(=O)(O)O)nc2cc1Br)c1nnn[nH]1. The van der Waals surface area contributed by atoms with Crippen LogP contribution < -0.4 is 5.44 Å². The average molecular weight is 403 g/mol. The van der Waals surface area contributed by atoms with Crippen LogP contribution in [0.15, 0.2) is 22.9 Å². The third kappa shape index (κ3) is 3.33. The van der Waals surface area contributed by atoms with Crippen LogP contribution in [-0.2, 0) is 15.7 Å². The number of methoxy groups -OCH3 is 1. The predicted octanol–water partition coefficient (Wildman–Crippen LogP) is 0.343. The number of nitrogens with one attached hydrogen (secondary N) is 1. The minimum Gasteiger partial charge on any atom is -0.373 e. The van der Waals surface area contributed by atoms with Gasteiger partial charge in [-0.15, -0.1) is 5.10 Å². The first kappa shape index (κ1) is 16.2. The van der Waals surface area contributed by atoms with E-state index in [-0.39, 0.29) is 11.5 Å². The Bertz CT molecular complexity index is 876. The zero-order chi connectivity index (χ0) is 16.6. The second kappa shape index (κ2) is 6.10. The van der Waals surface area contributed by atoms with Gasteiger partial charge in [0.1, 0.15) is 11.8 Å². The van der Waals surface area contributed by atoms with Crippen molar-refractivity contribution in [1.82, 2.24) is 30.0 Å². The zero-order valence-corrected chi connectivity index (χ0v) is 14.3. The lowest BCUT2D eigenvalue weighted by molar-refractivity contribution is 0.0959. The Hall–Kier alpha value is -1.65. The first-order chi connectivity index (χ1) is 10.9. The van der Waals surface area contributed by atoms with E-state index in [0.29, 0.717) is 17.9 Å². The molecule has 0 radical (unpaired) electrons. The predicted molar refractivity (Wildman–Crippen MR) is 82.2 cm³/mol. The van der Waals surface area contributed by atoms with Crippen molar-refractivity contribution in [3.63, 3.8) is 0 Å². The summed E-state index contributed by atoms with van der Waals surface area (Å²) in [6.45, 7) is 0. The second-order valence-electron chi connectivity index (χ2n) is 4.77. The van der Waals surface area contributed by atoms with E-state index in [0.717, 1.165) is 10.0 Å². The number of pyridine rings is 1. The summed E-state index contributed by atoms with van der Waals surface area (Å²) in [6, 6.07) is 1.68. The number of ether oxygens (including phenoxy) is 1. The number of rotatable bonds is 5. The molecule has 0 aromatic carbocycles. The smallest absolute Gasteiger partial charge is 0.373 e. The van der Waals surface area contributed by atoms with Gasteiger partial charge < -0.3 is 18.9 Å². The summed E-state index contributed by atoms with van der Waals surface area (Å²) in [6.07, 6.45) is 3.10. The largest absolute Gasteiger partial charge is 0.376 e. The maximum atomic E-state index is 11.3. The van der Waals surface area contributed by atoms with Crippen molar-refractivity contribution in [2.24, 2.45) is 0 Å². The van der Waals surface area contributed by atoms with Crippen LogP contribution in [0.4, 0.5) is 0 Å². The third-order valence-corrected chi connectivity index (χ3v) is 4.81. The van der Waals surface area contributed by atoms with E-state index in [1.54, 1.807) is 23.8 Å². The summed E-state index contributed by atoms with van der Waals surface area (Å²) >= 11 is 3.43. The van der Waals surface area contributed by atoms with Gasteiger partial charge in [0.2, 0.25) is 0 Å². The molecule has 0 saturated carbocycles. The van der Waals surface area contributed by atoms with Crippen LogP contribution in [0.1, 0.15) is 17.5 Å². The van der Waals surface area contributed by atoms with Crippen LogP contribution in [0, 0.1) is 0 Å². The maximum absolute atomic E-state index is 11.3. The zero-order valence-electron chi connectivity index (χ0n) is 11.8. The molecule has 122 valence electrons. The lowest BCUT2D eigenvalue weighted by atomic mass is 10.1. The van der Waals surface area contributed by atoms with Gasteiger partial charge in [-0.2, -0.15) is 0 Å². The Balaban J connectivity index is 1.97. The number of aromatic nitrogens is 6. The third-order valence-electron chi connectivity index (χ3n) is 3.26. The van der Waals surface area contributed by atoms with Crippen molar-refractivity contribution in [1.29, 1.82) is 0 Å². The van der Waals surface area contributed by atoms with Crippen molar-refractivity contribution in [2.75, 3.05) is 7.11 Å². The molecule has 0 bridgehead atoms. The van der Waals surface area contributed by atoms with E-state index in [1.807, 2.05) is 0 Å². The molecular weight excluding hydrogens is 391 g/mol. The fourth-order valence-corrected chi connectivity index (χ4v) is 3.10. The van der Waals surface area contributed by atoms with Crippen molar-refractivity contribution in [3.8, 4) is 0 Å². The van der Waals surface area contributed by atoms with Gasteiger partial charge in [0.15, 0.2) is 11.3 Å². The number of hydrogen-bond acceptors (Lipinski definition) is 6. The van der Waals surface area contributed by atoms with E-state index in [2.05, 4.69) is 41.5 Å². The Morgan fingerprint density at radius 3 is 2.87 bits per heavy atom. The second-order valence-corrected chi connectivity index (χ2v) is 7.17. The number of hydrogen-bond donors (Lipinski definition) is 3. The summed E-state index contributed by atoms with van der Waals surface area (Å²) in [4.78, 5) is 22.4. The van der Waals surface area contributed by atoms with Gasteiger partial charge in [-0.1, -0.05) is 15.9 Å².